The van der Waals surface area contributed by atoms with Crippen molar-refractivity contribution in [1.82, 2.24) is 4.98 Å². The standard InChI is InChI=1S/C21H22ClNO2S/c1-13-18(23-20(26-13)14-5-7-15(22)8-6-14)17-16(24)9-12-21(19(17)25)10-3-2-4-11-21/h5-8,17H,2-4,9-12H2,1H3. The van der Waals surface area contributed by atoms with Gasteiger partial charge in [-0.15, -0.1) is 11.3 Å². The third-order valence-electron chi connectivity index (χ3n) is 5.96. The Morgan fingerprint density at radius 1 is 1.08 bits per heavy atom. The molecule has 5 heteroatoms. The van der Waals surface area contributed by atoms with Crippen LogP contribution < -0.4 is 0 Å². The highest BCUT2D eigenvalue weighted by molar-refractivity contribution is 7.15. The van der Waals surface area contributed by atoms with E-state index in [1.165, 1.54) is 6.42 Å². The van der Waals surface area contributed by atoms with Gasteiger partial charge in [-0.2, -0.15) is 0 Å². The van der Waals surface area contributed by atoms with Crippen molar-refractivity contribution in [3.63, 3.8) is 0 Å². The van der Waals surface area contributed by atoms with Gasteiger partial charge < -0.3 is 0 Å². The minimum atomic E-state index is -0.667. The van der Waals surface area contributed by atoms with Crippen LogP contribution in [-0.2, 0) is 9.59 Å². The molecule has 2 saturated carbocycles. The summed E-state index contributed by atoms with van der Waals surface area (Å²) in [6, 6.07) is 7.53. The van der Waals surface area contributed by atoms with Crippen LogP contribution in [-0.4, -0.2) is 16.6 Å². The van der Waals surface area contributed by atoms with Crippen LogP contribution in [0.3, 0.4) is 0 Å². The first-order valence-corrected chi connectivity index (χ1v) is 10.5. The van der Waals surface area contributed by atoms with Crippen LogP contribution in [0.15, 0.2) is 24.3 Å². The van der Waals surface area contributed by atoms with Gasteiger partial charge in [-0.1, -0.05) is 43.0 Å². The average molecular weight is 388 g/mol. The summed E-state index contributed by atoms with van der Waals surface area (Å²) < 4.78 is 0. The lowest BCUT2D eigenvalue weighted by Crippen LogP contribution is -2.44. The molecule has 2 aromatic rings. The first-order chi connectivity index (χ1) is 12.5. The van der Waals surface area contributed by atoms with Gasteiger partial charge in [0.2, 0.25) is 0 Å². The molecule has 0 aliphatic heterocycles. The Bertz CT molecular complexity index is 849. The highest BCUT2D eigenvalue weighted by Gasteiger charge is 2.50. The maximum atomic E-state index is 13.4. The molecule has 2 fully saturated rings. The molecular weight excluding hydrogens is 366 g/mol. The zero-order chi connectivity index (χ0) is 18.3. The lowest BCUT2D eigenvalue weighted by molar-refractivity contribution is -0.142. The molecule has 136 valence electrons. The molecule has 1 spiro atoms. The number of hydrogen-bond acceptors (Lipinski definition) is 4. The number of aryl methyl sites for hydroxylation is 1. The summed E-state index contributed by atoms with van der Waals surface area (Å²) in [7, 11) is 0. The van der Waals surface area contributed by atoms with Crippen LogP contribution in [0, 0.1) is 12.3 Å². The zero-order valence-corrected chi connectivity index (χ0v) is 16.5. The second kappa shape index (κ2) is 6.90. The van der Waals surface area contributed by atoms with E-state index in [0.717, 1.165) is 47.6 Å². The van der Waals surface area contributed by atoms with E-state index in [1.54, 1.807) is 11.3 Å². The number of halogens is 1. The number of thiazole rings is 1. The van der Waals surface area contributed by atoms with Gasteiger partial charge in [0.05, 0.1) is 5.69 Å². The first kappa shape index (κ1) is 17.9. The van der Waals surface area contributed by atoms with E-state index in [0.29, 0.717) is 17.1 Å². The van der Waals surface area contributed by atoms with E-state index in [1.807, 2.05) is 31.2 Å². The normalized spacial score (nSPS) is 22.8. The molecule has 0 radical (unpaired) electrons. The number of nitrogens with zero attached hydrogens (tertiary/aromatic N) is 1. The topological polar surface area (TPSA) is 47.0 Å². The highest BCUT2D eigenvalue weighted by Crippen LogP contribution is 2.49. The van der Waals surface area contributed by atoms with Crippen LogP contribution in [0.2, 0.25) is 5.02 Å². The second-order valence-corrected chi connectivity index (χ2v) is 9.21. The van der Waals surface area contributed by atoms with E-state index in [2.05, 4.69) is 0 Å². The van der Waals surface area contributed by atoms with Crippen molar-refractivity contribution in [2.45, 2.75) is 57.8 Å². The summed E-state index contributed by atoms with van der Waals surface area (Å²) in [4.78, 5) is 31.8. The Balaban J connectivity index is 1.70. The van der Waals surface area contributed by atoms with Gasteiger partial charge in [0.25, 0.3) is 0 Å². The van der Waals surface area contributed by atoms with E-state index in [-0.39, 0.29) is 17.0 Å². The number of hydrogen-bond donors (Lipinski definition) is 0. The van der Waals surface area contributed by atoms with Crippen molar-refractivity contribution in [2.75, 3.05) is 0 Å². The number of carbonyl (C=O) groups is 2. The van der Waals surface area contributed by atoms with Crippen molar-refractivity contribution in [2.24, 2.45) is 5.41 Å². The lowest BCUT2D eigenvalue weighted by Gasteiger charge is -2.41. The molecule has 0 bridgehead atoms. The van der Waals surface area contributed by atoms with E-state index < -0.39 is 5.92 Å². The number of carbonyl (C=O) groups excluding carboxylic acids is 2. The quantitative estimate of drug-likeness (QED) is 0.617. The molecule has 1 heterocycles. The third-order valence-corrected chi connectivity index (χ3v) is 7.25. The molecule has 2 aliphatic carbocycles. The van der Waals surface area contributed by atoms with Crippen LogP contribution >= 0.6 is 22.9 Å². The molecule has 0 amide bonds. The van der Waals surface area contributed by atoms with E-state index in [4.69, 9.17) is 16.6 Å². The maximum absolute atomic E-state index is 13.4. The molecule has 1 atom stereocenters. The summed E-state index contributed by atoms with van der Waals surface area (Å²) in [6.45, 7) is 1.97. The van der Waals surface area contributed by atoms with Crippen molar-refractivity contribution in [1.29, 1.82) is 0 Å². The predicted octanol–water partition coefficient (Wildman–Crippen LogP) is 5.74. The smallest absolute Gasteiger partial charge is 0.155 e. The van der Waals surface area contributed by atoms with Crippen LogP contribution in [0.25, 0.3) is 10.6 Å². The molecule has 0 N–H and O–H groups in total. The molecule has 26 heavy (non-hydrogen) atoms. The van der Waals surface area contributed by atoms with E-state index >= 15 is 0 Å². The van der Waals surface area contributed by atoms with Gasteiger partial charge in [-0.05, 0) is 38.3 Å². The fraction of sp³-hybridized carbons (Fsp3) is 0.476. The highest BCUT2D eigenvalue weighted by atomic mass is 35.5. The summed E-state index contributed by atoms with van der Waals surface area (Å²) >= 11 is 7.52. The molecule has 3 nitrogen and oxygen atoms in total. The van der Waals surface area contributed by atoms with Gasteiger partial charge in [-0.3, -0.25) is 9.59 Å². The van der Waals surface area contributed by atoms with Crippen molar-refractivity contribution in [3.05, 3.63) is 39.9 Å². The Morgan fingerprint density at radius 3 is 2.46 bits per heavy atom. The van der Waals surface area contributed by atoms with Crippen LogP contribution in [0.5, 0.6) is 0 Å². The first-order valence-electron chi connectivity index (χ1n) is 9.30. The molecular formula is C21H22ClNO2S. The minimum Gasteiger partial charge on any atom is -0.298 e. The lowest BCUT2D eigenvalue weighted by atomic mass is 9.60. The monoisotopic (exact) mass is 387 g/mol. The summed E-state index contributed by atoms with van der Waals surface area (Å²) in [6.07, 6.45) is 6.49. The van der Waals surface area contributed by atoms with Crippen molar-refractivity contribution >= 4 is 34.5 Å². The number of benzene rings is 1. The zero-order valence-electron chi connectivity index (χ0n) is 14.9. The Kier molecular flexibility index (Phi) is 4.74. The summed E-state index contributed by atoms with van der Waals surface area (Å²) in [5, 5.41) is 1.53. The number of Topliss-reactive ketones (excluding diaryl/α,β-unsaturated/α-hetero) is 2. The second-order valence-electron chi connectivity index (χ2n) is 7.57. The molecule has 1 aromatic heterocycles. The maximum Gasteiger partial charge on any atom is 0.155 e. The van der Waals surface area contributed by atoms with Gasteiger partial charge in [0.1, 0.15) is 16.7 Å². The van der Waals surface area contributed by atoms with Gasteiger partial charge >= 0.3 is 0 Å². The van der Waals surface area contributed by atoms with E-state index in [9.17, 15) is 9.59 Å². The fourth-order valence-corrected chi connectivity index (χ4v) is 5.56. The molecule has 4 rings (SSSR count). The number of rotatable bonds is 2. The molecule has 1 unspecified atom stereocenters. The van der Waals surface area contributed by atoms with Gasteiger partial charge in [0.15, 0.2) is 5.78 Å². The average Bonchev–Trinajstić information content (AvgIpc) is 3.02. The SMILES string of the molecule is Cc1sc(-c2ccc(Cl)cc2)nc1C1C(=O)CCC2(CCCCC2)C1=O. The molecule has 1 aromatic carbocycles. The molecule has 0 saturated heterocycles. The predicted molar refractivity (Wildman–Crippen MR) is 105 cm³/mol. The third kappa shape index (κ3) is 3.03. The van der Waals surface area contributed by atoms with Crippen LogP contribution in [0.1, 0.15) is 61.4 Å². The summed E-state index contributed by atoms with van der Waals surface area (Å²) in [5.74, 6) is -0.495. The van der Waals surface area contributed by atoms with Crippen LogP contribution in [0.4, 0.5) is 0 Å². The Morgan fingerprint density at radius 2 is 1.77 bits per heavy atom. The number of aromatic nitrogens is 1. The van der Waals surface area contributed by atoms with Crippen molar-refractivity contribution < 1.29 is 9.59 Å². The van der Waals surface area contributed by atoms with Gasteiger partial charge in [0, 0.05) is 27.3 Å². The largest absolute Gasteiger partial charge is 0.298 e. The molecule has 2 aliphatic rings. The Hall–Kier alpha value is -1.52. The van der Waals surface area contributed by atoms with Gasteiger partial charge in [-0.25, -0.2) is 4.98 Å². The Labute approximate surface area is 162 Å². The fourth-order valence-electron chi connectivity index (χ4n) is 4.48. The van der Waals surface area contributed by atoms with Crippen molar-refractivity contribution in [3.8, 4) is 10.6 Å². The summed E-state index contributed by atoms with van der Waals surface area (Å²) in [5.41, 5.74) is 1.37. The number of ketones is 2. The minimum absolute atomic E-state index is 0.0438.